The Morgan fingerprint density at radius 2 is 1.89 bits per heavy atom. The molecule has 1 aromatic heterocycles. The van der Waals surface area contributed by atoms with Crippen LogP contribution in [-0.4, -0.2) is 41.0 Å². The molecule has 2 aromatic carbocycles. The van der Waals surface area contributed by atoms with Gasteiger partial charge in [0, 0.05) is 6.20 Å². The number of cyclic esters (lactones) is 1. The average molecular weight is 552 g/mol. The molecule has 0 atom stereocenters. The number of nitrogens with zero attached hydrogens (tertiary/aromatic N) is 3. The molecule has 200 valence electrons. The number of esters is 1. The van der Waals surface area contributed by atoms with Crippen molar-refractivity contribution in [2.45, 2.75) is 26.6 Å². The molecule has 0 spiro atoms. The number of halogens is 4. The highest BCUT2D eigenvalue weighted by Crippen LogP contribution is 2.36. The Morgan fingerprint density at radius 3 is 2.50 bits per heavy atom. The van der Waals surface area contributed by atoms with Crippen molar-refractivity contribution in [3.05, 3.63) is 90.7 Å². The second kappa shape index (κ2) is 10.4. The zero-order valence-corrected chi connectivity index (χ0v) is 20.9. The van der Waals surface area contributed by atoms with E-state index in [1.165, 1.54) is 24.0 Å². The summed E-state index contributed by atoms with van der Waals surface area (Å²) in [5.74, 6) is -1.01. The first-order chi connectivity index (χ1) is 17.9. The van der Waals surface area contributed by atoms with Gasteiger partial charge >= 0.3 is 23.9 Å². The lowest BCUT2D eigenvalue weighted by atomic mass is 10.1. The molecular formula is C25H21ClF3N3O6. The fourth-order valence-electron chi connectivity index (χ4n) is 4.07. The summed E-state index contributed by atoms with van der Waals surface area (Å²) in [6.45, 7) is 3.10. The molecule has 1 fully saturated rings. The van der Waals surface area contributed by atoms with E-state index in [0.717, 1.165) is 22.9 Å². The first-order valence-corrected chi connectivity index (χ1v) is 11.7. The van der Waals surface area contributed by atoms with E-state index in [0.29, 0.717) is 22.4 Å². The van der Waals surface area contributed by atoms with Crippen LogP contribution in [0.15, 0.2) is 52.2 Å². The van der Waals surface area contributed by atoms with E-state index in [4.69, 9.17) is 21.1 Å². The summed E-state index contributed by atoms with van der Waals surface area (Å²) < 4.78 is 51.6. The van der Waals surface area contributed by atoms with E-state index in [9.17, 15) is 32.3 Å². The summed E-state index contributed by atoms with van der Waals surface area (Å²) >= 11 is 5.99. The van der Waals surface area contributed by atoms with Gasteiger partial charge in [-0.05, 0) is 49.2 Å². The summed E-state index contributed by atoms with van der Waals surface area (Å²) in [5, 5.41) is -0.669. The number of carbonyl (C=O) groups is 2. The van der Waals surface area contributed by atoms with Crippen molar-refractivity contribution in [3.63, 3.8) is 0 Å². The molecule has 0 unspecified atom stereocenters. The third kappa shape index (κ3) is 5.03. The number of ether oxygens (including phenoxy) is 2. The number of hydrogen-bond acceptors (Lipinski definition) is 6. The van der Waals surface area contributed by atoms with Crippen LogP contribution in [0.1, 0.15) is 34.0 Å². The van der Waals surface area contributed by atoms with E-state index >= 15 is 0 Å². The van der Waals surface area contributed by atoms with Crippen molar-refractivity contribution >= 4 is 29.4 Å². The molecule has 13 heteroatoms. The van der Waals surface area contributed by atoms with Crippen molar-refractivity contribution in [3.8, 4) is 5.69 Å². The van der Waals surface area contributed by atoms with E-state index in [1.807, 2.05) is 0 Å². The molecule has 0 saturated carbocycles. The molecule has 1 aliphatic heterocycles. The van der Waals surface area contributed by atoms with E-state index < -0.39 is 52.2 Å². The van der Waals surface area contributed by atoms with Crippen LogP contribution in [0.25, 0.3) is 5.69 Å². The predicted molar refractivity (Wildman–Crippen MR) is 131 cm³/mol. The first-order valence-electron chi connectivity index (χ1n) is 11.4. The Kier molecular flexibility index (Phi) is 7.36. The summed E-state index contributed by atoms with van der Waals surface area (Å²) in [7, 11) is 0. The van der Waals surface area contributed by atoms with Crippen molar-refractivity contribution in [1.82, 2.24) is 9.13 Å². The maximum atomic E-state index is 13.4. The number of alkyl halides is 3. The number of amides is 1. The number of benzene rings is 2. The van der Waals surface area contributed by atoms with Crippen LogP contribution in [0.3, 0.4) is 0 Å². The van der Waals surface area contributed by atoms with Gasteiger partial charge in [0.25, 0.3) is 5.56 Å². The van der Waals surface area contributed by atoms with Gasteiger partial charge in [-0.1, -0.05) is 23.7 Å². The third-order valence-electron chi connectivity index (χ3n) is 5.89. The summed E-state index contributed by atoms with van der Waals surface area (Å²) in [6.07, 6.45) is -4.26. The molecule has 1 saturated heterocycles. The molecule has 3 aromatic rings. The number of aryl methyl sites for hydroxylation is 1. The average Bonchev–Trinajstić information content (AvgIpc) is 3.27. The van der Waals surface area contributed by atoms with Gasteiger partial charge in [0.05, 0.1) is 41.7 Å². The van der Waals surface area contributed by atoms with Gasteiger partial charge in [-0.25, -0.2) is 14.4 Å². The lowest BCUT2D eigenvalue weighted by molar-refractivity contribution is -0.137. The monoisotopic (exact) mass is 551 g/mol. The molecule has 0 bridgehead atoms. The van der Waals surface area contributed by atoms with Crippen LogP contribution in [-0.2, 0) is 22.2 Å². The minimum absolute atomic E-state index is 0.0589. The smallest absolute Gasteiger partial charge is 0.417 e. The van der Waals surface area contributed by atoms with Crippen LogP contribution in [0.4, 0.5) is 23.7 Å². The largest absolute Gasteiger partial charge is 0.462 e. The highest BCUT2D eigenvalue weighted by Gasteiger charge is 2.34. The molecular weight excluding hydrogens is 531 g/mol. The fraction of sp³-hybridized carbons (Fsp3) is 0.280. The van der Waals surface area contributed by atoms with E-state index in [-0.39, 0.29) is 24.5 Å². The summed E-state index contributed by atoms with van der Waals surface area (Å²) in [5.41, 5.74) is -2.39. The number of anilines is 1. The second-order valence-electron chi connectivity index (χ2n) is 8.32. The quantitative estimate of drug-likeness (QED) is 0.427. The van der Waals surface area contributed by atoms with Crippen LogP contribution in [0.2, 0.25) is 5.02 Å². The lowest BCUT2D eigenvalue weighted by Gasteiger charge is -2.18. The Hall–Kier alpha value is -4.06. The molecule has 0 N–H and O–H groups in total. The maximum Gasteiger partial charge on any atom is 0.417 e. The highest BCUT2D eigenvalue weighted by atomic mass is 35.5. The highest BCUT2D eigenvalue weighted by molar-refractivity contribution is 6.32. The molecule has 38 heavy (non-hydrogen) atoms. The molecule has 1 aliphatic rings. The van der Waals surface area contributed by atoms with Gasteiger partial charge < -0.3 is 9.47 Å². The Morgan fingerprint density at radius 1 is 1.16 bits per heavy atom. The Bertz CT molecular complexity index is 1550. The standard InChI is InChI=1S/C25H21ClF3N3O6/c1-3-37-22(34)17-13-31(16-7-8-19(14(2)11-16)30-9-10-38-24(30)36)23(35)32(21(17)33)12-15-5-4-6-18(20(15)26)25(27,28)29/h4-8,11,13H,3,9-10,12H2,1-2H3. The van der Waals surface area contributed by atoms with Crippen LogP contribution < -0.4 is 16.1 Å². The van der Waals surface area contributed by atoms with Crippen molar-refractivity contribution in [1.29, 1.82) is 0 Å². The predicted octanol–water partition coefficient (Wildman–Crippen LogP) is 4.16. The lowest BCUT2D eigenvalue weighted by Crippen LogP contribution is -2.42. The summed E-state index contributed by atoms with van der Waals surface area (Å²) in [4.78, 5) is 52.5. The molecule has 4 rings (SSSR count). The summed E-state index contributed by atoms with van der Waals surface area (Å²) in [6, 6.07) is 7.77. The zero-order chi connectivity index (χ0) is 27.8. The Balaban J connectivity index is 1.87. The SMILES string of the molecule is CCOC(=O)c1cn(-c2ccc(N3CCOC3=O)c(C)c2)c(=O)n(Cc2cccc(C(F)(F)F)c2Cl)c1=O. The van der Waals surface area contributed by atoms with Gasteiger partial charge in [0.1, 0.15) is 12.2 Å². The minimum Gasteiger partial charge on any atom is -0.462 e. The van der Waals surface area contributed by atoms with E-state index in [2.05, 4.69) is 0 Å². The number of carbonyl (C=O) groups excluding carboxylic acids is 2. The second-order valence-corrected chi connectivity index (χ2v) is 8.70. The van der Waals surface area contributed by atoms with Gasteiger partial charge in [0.2, 0.25) is 0 Å². The first kappa shape index (κ1) is 27.0. The normalized spacial score (nSPS) is 13.5. The molecule has 2 heterocycles. The number of aromatic nitrogens is 2. The van der Waals surface area contributed by atoms with E-state index in [1.54, 1.807) is 19.1 Å². The van der Waals surface area contributed by atoms with Crippen LogP contribution >= 0.6 is 11.6 Å². The maximum absolute atomic E-state index is 13.4. The molecule has 0 aliphatic carbocycles. The van der Waals surface area contributed by atoms with Crippen molar-refractivity contribution in [2.24, 2.45) is 0 Å². The fourth-order valence-corrected chi connectivity index (χ4v) is 4.36. The Labute approximate surface area is 218 Å². The number of hydrogen-bond donors (Lipinski definition) is 0. The molecule has 1 amide bonds. The molecule has 9 nitrogen and oxygen atoms in total. The third-order valence-corrected chi connectivity index (χ3v) is 6.34. The van der Waals surface area contributed by atoms with Gasteiger partial charge in [0.15, 0.2) is 0 Å². The van der Waals surface area contributed by atoms with Crippen LogP contribution in [0.5, 0.6) is 0 Å². The van der Waals surface area contributed by atoms with Crippen LogP contribution in [0, 0.1) is 6.92 Å². The van der Waals surface area contributed by atoms with Crippen molar-refractivity contribution < 1.29 is 32.2 Å². The van der Waals surface area contributed by atoms with Gasteiger partial charge in [-0.3, -0.25) is 18.8 Å². The number of rotatable bonds is 6. The van der Waals surface area contributed by atoms with Gasteiger partial charge in [-0.2, -0.15) is 13.2 Å². The topological polar surface area (TPSA) is 99.8 Å². The molecule has 0 radical (unpaired) electrons. The zero-order valence-electron chi connectivity index (χ0n) is 20.2. The van der Waals surface area contributed by atoms with Crippen molar-refractivity contribution in [2.75, 3.05) is 24.7 Å². The minimum atomic E-state index is -4.76. The van der Waals surface area contributed by atoms with Gasteiger partial charge in [-0.15, -0.1) is 0 Å².